The highest BCUT2D eigenvalue weighted by Crippen LogP contribution is 2.43. The molecule has 0 aromatic rings. The second kappa shape index (κ2) is 65.1. The molecule has 488 valence electrons. The molecule has 0 aromatic carbocycles. The zero-order chi connectivity index (χ0) is 62.6. The third kappa shape index (κ3) is 68.7. The van der Waals surface area contributed by atoms with Gasteiger partial charge in [-0.15, -0.1) is 0 Å². The minimum atomic E-state index is -4.41. The maximum Gasteiger partial charge on any atom is 0.472 e. The first kappa shape index (κ1) is 81.6. The van der Waals surface area contributed by atoms with Gasteiger partial charge in [0.25, 0.3) is 0 Å². The van der Waals surface area contributed by atoms with Gasteiger partial charge in [-0.05, 0) is 122 Å². The Morgan fingerprint density at radius 1 is 0.360 bits per heavy atom. The lowest BCUT2D eigenvalue weighted by Gasteiger charge is -2.24. The summed E-state index contributed by atoms with van der Waals surface area (Å²) in [5, 5.41) is 0. The number of unbranched alkanes of at least 4 members (excludes halogenated alkanes) is 21. The number of esters is 2. The summed E-state index contributed by atoms with van der Waals surface area (Å²) in [6, 6.07) is 0. The quantitative estimate of drug-likeness (QED) is 0.0211. The highest BCUT2D eigenvalue weighted by molar-refractivity contribution is 7.47. The fourth-order valence-corrected chi connectivity index (χ4v) is 9.62. The van der Waals surface area contributed by atoms with Crippen LogP contribution in [-0.2, 0) is 32.7 Å². The summed E-state index contributed by atoms with van der Waals surface area (Å²) < 4.78 is 34.7. The van der Waals surface area contributed by atoms with Crippen LogP contribution < -0.4 is 0 Å². The molecule has 0 aromatic heterocycles. The molecule has 2 atom stereocenters. The predicted octanol–water partition coefficient (Wildman–Crippen LogP) is 22.4. The molecule has 0 amide bonds. The average Bonchev–Trinajstić information content (AvgIpc) is 3.67. The molecular formula is C76H127NO8P+. The second-order valence-electron chi connectivity index (χ2n) is 23.4. The molecule has 10 heteroatoms. The molecule has 0 aliphatic rings. The number of allylic oxidation sites excluding steroid dienone is 26. The van der Waals surface area contributed by atoms with Crippen LogP contribution in [0.4, 0.5) is 0 Å². The van der Waals surface area contributed by atoms with Crippen LogP contribution in [0.3, 0.4) is 0 Å². The van der Waals surface area contributed by atoms with Gasteiger partial charge in [-0.2, -0.15) is 0 Å². The normalized spacial score (nSPS) is 14.2. The fraction of sp³-hybridized carbons (Fsp3) is 0.632. The number of quaternary nitrogens is 1. The average molecular weight is 1210 g/mol. The molecule has 0 saturated heterocycles. The van der Waals surface area contributed by atoms with Crippen molar-refractivity contribution in [2.45, 2.75) is 264 Å². The molecule has 0 saturated carbocycles. The van der Waals surface area contributed by atoms with Crippen molar-refractivity contribution in [1.82, 2.24) is 0 Å². The van der Waals surface area contributed by atoms with Gasteiger partial charge in [0, 0.05) is 12.8 Å². The van der Waals surface area contributed by atoms with Crippen LogP contribution in [-0.4, -0.2) is 74.9 Å². The van der Waals surface area contributed by atoms with Gasteiger partial charge in [-0.3, -0.25) is 18.6 Å². The van der Waals surface area contributed by atoms with E-state index in [1.54, 1.807) is 0 Å². The molecule has 0 spiro atoms. The molecule has 0 aliphatic carbocycles. The van der Waals surface area contributed by atoms with E-state index in [2.05, 4.69) is 172 Å². The molecule has 2 unspecified atom stereocenters. The number of carbonyl (C=O) groups is 2. The van der Waals surface area contributed by atoms with Gasteiger partial charge in [-0.25, -0.2) is 4.57 Å². The number of hydrogen-bond acceptors (Lipinski definition) is 7. The number of phosphoric acid groups is 1. The summed E-state index contributed by atoms with van der Waals surface area (Å²) >= 11 is 0. The Balaban J connectivity index is 4.11. The standard InChI is InChI=1S/C76H126NO8P/c1-6-8-10-12-14-16-18-20-22-24-26-28-30-32-33-34-35-36-37-38-39-40-41-42-43-45-47-49-51-53-55-57-59-61-63-65-67-69-76(79)85-74(73-84-86(80,81)83-71-70-77(3,4)5)72-82-75(78)68-66-64-62-60-58-56-54-52-50-48-46-44-31-29-27-25-23-21-19-17-15-13-11-9-7-2/h8-11,14-17,20-23,26-29,32-33,35-36,38-39,44,46,50,52,74H,6-7,12-13,18-19,24-25,30-31,34,37,40-43,45,47-49,51,53-73H2,1-5H3/p+1/b10-8-,11-9-,16-14-,17-15-,22-20-,23-21-,28-26-,29-27-,33-32-,36-35-,39-38-,46-44-,52-50-. The van der Waals surface area contributed by atoms with Crippen molar-refractivity contribution in [3.05, 3.63) is 158 Å². The summed E-state index contributed by atoms with van der Waals surface area (Å²) in [7, 11) is 1.45. The maximum absolute atomic E-state index is 12.9. The number of phosphoric ester groups is 1. The Bertz CT molecular complexity index is 2010. The third-order valence-electron chi connectivity index (χ3n) is 14.1. The number of hydrogen-bond donors (Lipinski definition) is 1. The summed E-state index contributed by atoms with van der Waals surface area (Å²) in [4.78, 5) is 35.9. The van der Waals surface area contributed by atoms with Crippen molar-refractivity contribution in [2.75, 3.05) is 47.5 Å². The zero-order valence-corrected chi connectivity index (χ0v) is 56.4. The van der Waals surface area contributed by atoms with Crippen LogP contribution in [0.5, 0.6) is 0 Å². The van der Waals surface area contributed by atoms with E-state index in [9.17, 15) is 19.0 Å². The molecule has 0 rings (SSSR count). The van der Waals surface area contributed by atoms with Gasteiger partial charge in [0.05, 0.1) is 27.7 Å². The van der Waals surface area contributed by atoms with Gasteiger partial charge >= 0.3 is 19.8 Å². The SMILES string of the molecule is CC/C=C\C/C=C\C/C=C\C/C=C\C/C=C\C/C=C\C/C=C\CCCCCCCCCCCCCCCCCC(=O)OC(COC(=O)CCCCCCCC/C=C\C/C=C\C/C=C\C/C=C\C/C=C\C/C=C\CC)COP(=O)(O)OCC[N+](C)(C)C. The first-order valence-corrected chi connectivity index (χ1v) is 35.7. The molecule has 0 fully saturated rings. The molecule has 9 nitrogen and oxygen atoms in total. The number of nitrogens with zero attached hydrogens (tertiary/aromatic N) is 1. The van der Waals surface area contributed by atoms with E-state index in [-0.39, 0.29) is 32.0 Å². The first-order valence-electron chi connectivity index (χ1n) is 34.2. The molecule has 0 aliphatic heterocycles. The van der Waals surface area contributed by atoms with Crippen LogP contribution >= 0.6 is 7.82 Å². The minimum Gasteiger partial charge on any atom is -0.462 e. The van der Waals surface area contributed by atoms with Crippen LogP contribution in [0.1, 0.15) is 258 Å². The fourth-order valence-electron chi connectivity index (χ4n) is 8.88. The van der Waals surface area contributed by atoms with Crippen LogP contribution in [0.15, 0.2) is 158 Å². The van der Waals surface area contributed by atoms with Crippen molar-refractivity contribution >= 4 is 19.8 Å². The van der Waals surface area contributed by atoms with E-state index in [4.69, 9.17) is 18.5 Å². The van der Waals surface area contributed by atoms with E-state index in [0.29, 0.717) is 23.9 Å². The van der Waals surface area contributed by atoms with Gasteiger partial charge in [-0.1, -0.05) is 281 Å². The van der Waals surface area contributed by atoms with Gasteiger partial charge in [0.15, 0.2) is 6.10 Å². The summed E-state index contributed by atoms with van der Waals surface area (Å²) in [5.74, 6) is -0.820. The summed E-state index contributed by atoms with van der Waals surface area (Å²) in [5.41, 5.74) is 0. The predicted molar refractivity (Wildman–Crippen MR) is 371 cm³/mol. The summed E-state index contributed by atoms with van der Waals surface area (Å²) in [6.07, 6.45) is 97.6. The van der Waals surface area contributed by atoms with Gasteiger partial charge in [0.1, 0.15) is 19.8 Å². The minimum absolute atomic E-state index is 0.0217. The maximum atomic E-state index is 12.9. The van der Waals surface area contributed by atoms with Gasteiger partial charge < -0.3 is 18.9 Å². The van der Waals surface area contributed by atoms with Gasteiger partial charge in [0.2, 0.25) is 0 Å². The Morgan fingerprint density at radius 2 is 0.628 bits per heavy atom. The topological polar surface area (TPSA) is 108 Å². The molecule has 0 bridgehead atoms. The molecule has 0 radical (unpaired) electrons. The van der Waals surface area contributed by atoms with Crippen LogP contribution in [0.2, 0.25) is 0 Å². The lowest BCUT2D eigenvalue weighted by molar-refractivity contribution is -0.870. The molecule has 0 heterocycles. The number of rotatable bonds is 61. The van der Waals surface area contributed by atoms with Crippen molar-refractivity contribution in [3.8, 4) is 0 Å². The first-order chi connectivity index (χ1) is 42.0. The van der Waals surface area contributed by atoms with Crippen molar-refractivity contribution in [3.63, 3.8) is 0 Å². The lowest BCUT2D eigenvalue weighted by atomic mass is 10.0. The third-order valence-corrected chi connectivity index (χ3v) is 15.0. The van der Waals surface area contributed by atoms with E-state index in [0.717, 1.165) is 141 Å². The van der Waals surface area contributed by atoms with Crippen molar-refractivity contribution < 1.29 is 42.1 Å². The van der Waals surface area contributed by atoms with Crippen molar-refractivity contribution in [2.24, 2.45) is 0 Å². The van der Waals surface area contributed by atoms with E-state index in [1.807, 2.05) is 21.1 Å². The molecule has 86 heavy (non-hydrogen) atoms. The van der Waals surface area contributed by atoms with Crippen LogP contribution in [0.25, 0.3) is 0 Å². The van der Waals surface area contributed by atoms with E-state index >= 15 is 0 Å². The summed E-state index contributed by atoms with van der Waals surface area (Å²) in [6.45, 7) is 4.18. The highest BCUT2D eigenvalue weighted by atomic mass is 31.2. The van der Waals surface area contributed by atoms with Crippen molar-refractivity contribution in [1.29, 1.82) is 0 Å². The monoisotopic (exact) mass is 1210 g/mol. The smallest absolute Gasteiger partial charge is 0.462 e. The highest BCUT2D eigenvalue weighted by Gasteiger charge is 2.27. The second-order valence-corrected chi connectivity index (χ2v) is 24.9. The molecular weight excluding hydrogens is 1090 g/mol. The lowest BCUT2D eigenvalue weighted by Crippen LogP contribution is -2.37. The number of carbonyl (C=O) groups excluding carboxylic acids is 2. The largest absolute Gasteiger partial charge is 0.472 e. The number of likely N-dealkylation sites (N-methyl/N-ethyl adjacent to an activating group) is 1. The van der Waals surface area contributed by atoms with E-state index in [1.165, 1.54) is 77.0 Å². The Kier molecular flexibility index (Phi) is 61.8. The van der Waals surface area contributed by atoms with E-state index < -0.39 is 26.5 Å². The molecule has 1 N–H and O–H groups in total. The Labute approximate surface area is 528 Å². The van der Waals surface area contributed by atoms with Crippen LogP contribution in [0, 0.1) is 0 Å². The number of ether oxygens (including phenoxy) is 2. The zero-order valence-electron chi connectivity index (χ0n) is 55.5. The Hall–Kier alpha value is -4.37. The Morgan fingerprint density at radius 3 is 0.930 bits per heavy atom.